The minimum atomic E-state index is -3.81. The fraction of sp³-hybridized carbons (Fsp3) is 0.455. The molecule has 1 heterocycles. The van der Waals surface area contributed by atoms with Gasteiger partial charge in [0.1, 0.15) is 0 Å². The molecule has 0 unspecified atom stereocenters. The van der Waals surface area contributed by atoms with Gasteiger partial charge in [-0.3, -0.25) is 4.72 Å². The summed E-state index contributed by atoms with van der Waals surface area (Å²) in [6.45, 7) is 0.851. The number of ether oxygens (including phenoxy) is 1. The molecule has 0 radical (unpaired) electrons. The normalized spacial score (nSPS) is 17.9. The summed E-state index contributed by atoms with van der Waals surface area (Å²) in [5.41, 5.74) is 0.306. The molecular weight excluding hydrogens is 326 g/mol. The van der Waals surface area contributed by atoms with Crippen LogP contribution < -0.4 is 4.72 Å². The molecule has 0 aliphatic carbocycles. The molecule has 1 aromatic rings. The highest BCUT2D eigenvalue weighted by Crippen LogP contribution is 2.21. The molecule has 1 fully saturated rings. The van der Waals surface area contributed by atoms with Crippen molar-refractivity contribution >= 4 is 35.4 Å². The predicted octanol–water partition coefficient (Wildman–Crippen LogP) is 1.53. The lowest BCUT2D eigenvalue weighted by molar-refractivity contribution is 0.0984. The molecule has 9 heteroatoms. The van der Waals surface area contributed by atoms with Gasteiger partial charge < -0.3 is 4.74 Å². The topological polar surface area (TPSA) is 89.5 Å². The van der Waals surface area contributed by atoms with Gasteiger partial charge in [0.15, 0.2) is 0 Å². The van der Waals surface area contributed by atoms with Crippen LogP contribution in [0.15, 0.2) is 29.2 Å². The maximum atomic E-state index is 12.1. The monoisotopic (exact) mass is 339 g/mol. The van der Waals surface area contributed by atoms with Crippen LogP contribution >= 0.6 is 10.7 Å². The molecule has 0 spiro atoms. The third kappa shape index (κ3) is 3.85. The molecule has 1 aliphatic rings. The maximum Gasteiger partial charge on any atom is 0.261 e. The Morgan fingerprint density at radius 2 is 1.60 bits per heavy atom. The molecule has 0 atom stereocenters. The maximum absolute atomic E-state index is 12.1. The number of hydrogen-bond donors (Lipinski definition) is 1. The zero-order chi connectivity index (χ0) is 14.8. The van der Waals surface area contributed by atoms with Crippen molar-refractivity contribution in [2.75, 3.05) is 17.9 Å². The molecule has 2 rings (SSSR count). The van der Waals surface area contributed by atoms with E-state index in [1.807, 2.05) is 0 Å². The molecule has 1 saturated heterocycles. The van der Waals surface area contributed by atoms with E-state index in [1.165, 1.54) is 24.3 Å². The summed E-state index contributed by atoms with van der Waals surface area (Å²) >= 11 is 0. The molecule has 0 bridgehead atoms. The van der Waals surface area contributed by atoms with Crippen LogP contribution in [-0.2, 0) is 23.8 Å². The van der Waals surface area contributed by atoms with E-state index in [-0.39, 0.29) is 4.90 Å². The van der Waals surface area contributed by atoms with Gasteiger partial charge in [-0.15, -0.1) is 0 Å². The van der Waals surface area contributed by atoms with Crippen molar-refractivity contribution in [3.63, 3.8) is 0 Å². The summed E-state index contributed by atoms with van der Waals surface area (Å²) in [6, 6.07) is 5.24. The zero-order valence-corrected chi connectivity index (χ0v) is 12.8. The van der Waals surface area contributed by atoms with Crippen LogP contribution in [0.5, 0.6) is 0 Å². The highest BCUT2D eigenvalue weighted by Gasteiger charge is 2.27. The molecule has 112 valence electrons. The lowest BCUT2D eigenvalue weighted by Crippen LogP contribution is -2.33. The Hall–Kier alpha value is -0.830. The number of anilines is 1. The zero-order valence-electron chi connectivity index (χ0n) is 10.5. The number of hydrogen-bond acceptors (Lipinski definition) is 5. The third-order valence-corrected chi connectivity index (χ3v) is 6.24. The fourth-order valence-corrected chi connectivity index (χ4v) is 4.13. The molecule has 20 heavy (non-hydrogen) atoms. The van der Waals surface area contributed by atoms with Crippen molar-refractivity contribution in [3.8, 4) is 0 Å². The average molecular weight is 340 g/mol. The summed E-state index contributed by atoms with van der Waals surface area (Å²) in [6.07, 6.45) is 0.896. The van der Waals surface area contributed by atoms with Crippen LogP contribution in [0, 0.1) is 0 Å². The Morgan fingerprint density at radius 1 is 1.05 bits per heavy atom. The Bertz CT molecular complexity index is 663. The van der Waals surface area contributed by atoms with Crippen molar-refractivity contribution in [1.29, 1.82) is 0 Å². The largest absolute Gasteiger partial charge is 0.381 e. The van der Waals surface area contributed by atoms with Crippen molar-refractivity contribution < 1.29 is 21.6 Å². The molecule has 1 N–H and O–H groups in total. The Labute approximate surface area is 122 Å². The van der Waals surface area contributed by atoms with Gasteiger partial charge in [-0.1, -0.05) is 0 Å². The Balaban J connectivity index is 2.13. The van der Waals surface area contributed by atoms with Crippen LogP contribution in [0.25, 0.3) is 0 Å². The summed E-state index contributed by atoms with van der Waals surface area (Å²) < 4.78 is 54.0. The number of halogens is 1. The third-order valence-electron chi connectivity index (χ3n) is 3.00. The van der Waals surface area contributed by atoms with Gasteiger partial charge in [0.2, 0.25) is 10.0 Å². The van der Waals surface area contributed by atoms with Crippen LogP contribution in [0.4, 0.5) is 5.69 Å². The summed E-state index contributed by atoms with van der Waals surface area (Å²) in [4.78, 5) is -0.0758. The second kappa shape index (κ2) is 5.88. The second-order valence-corrected chi connectivity index (χ2v) is 8.95. The van der Waals surface area contributed by atoms with Gasteiger partial charge in [-0.2, -0.15) is 0 Å². The molecule has 0 amide bonds. The first kappa shape index (κ1) is 15.6. The van der Waals surface area contributed by atoms with Crippen LogP contribution in [-0.4, -0.2) is 35.3 Å². The SMILES string of the molecule is O=S(=O)(Cl)c1ccc(NS(=O)(=O)C2CCOCC2)cc1. The smallest absolute Gasteiger partial charge is 0.261 e. The highest BCUT2D eigenvalue weighted by atomic mass is 35.7. The first-order valence-corrected chi connectivity index (χ1v) is 9.79. The van der Waals surface area contributed by atoms with Crippen molar-refractivity contribution in [2.24, 2.45) is 0 Å². The van der Waals surface area contributed by atoms with E-state index in [0.29, 0.717) is 31.7 Å². The van der Waals surface area contributed by atoms with Gasteiger partial charge in [-0.25, -0.2) is 16.8 Å². The Morgan fingerprint density at radius 3 is 2.10 bits per heavy atom. The van der Waals surface area contributed by atoms with Gasteiger partial charge in [0, 0.05) is 29.6 Å². The molecule has 1 aromatic carbocycles. The lowest BCUT2D eigenvalue weighted by atomic mass is 10.2. The summed E-state index contributed by atoms with van der Waals surface area (Å²) in [5.74, 6) is 0. The van der Waals surface area contributed by atoms with Crippen molar-refractivity contribution in [3.05, 3.63) is 24.3 Å². The minimum Gasteiger partial charge on any atom is -0.381 e. The van der Waals surface area contributed by atoms with E-state index >= 15 is 0 Å². The predicted molar refractivity (Wildman–Crippen MR) is 75.9 cm³/mol. The van der Waals surface area contributed by atoms with E-state index in [9.17, 15) is 16.8 Å². The number of nitrogens with one attached hydrogen (secondary N) is 1. The van der Waals surface area contributed by atoms with E-state index in [0.717, 1.165) is 0 Å². The second-order valence-electron chi connectivity index (χ2n) is 4.42. The van der Waals surface area contributed by atoms with Gasteiger partial charge in [0.25, 0.3) is 9.05 Å². The van der Waals surface area contributed by atoms with Crippen molar-refractivity contribution in [2.45, 2.75) is 23.0 Å². The quantitative estimate of drug-likeness (QED) is 0.840. The van der Waals surface area contributed by atoms with Gasteiger partial charge in [-0.05, 0) is 37.1 Å². The van der Waals surface area contributed by atoms with Crippen molar-refractivity contribution in [1.82, 2.24) is 0 Å². The van der Waals surface area contributed by atoms with Gasteiger partial charge >= 0.3 is 0 Å². The molecule has 0 aromatic heterocycles. The average Bonchev–Trinajstić information content (AvgIpc) is 2.39. The molecule has 0 saturated carbocycles. The lowest BCUT2D eigenvalue weighted by Gasteiger charge is -2.22. The number of rotatable bonds is 4. The minimum absolute atomic E-state index is 0.0758. The summed E-state index contributed by atoms with van der Waals surface area (Å²) in [5, 5.41) is -0.493. The van der Waals surface area contributed by atoms with E-state index in [4.69, 9.17) is 15.4 Å². The number of benzene rings is 1. The highest BCUT2D eigenvalue weighted by molar-refractivity contribution is 8.13. The molecule has 1 aliphatic heterocycles. The summed E-state index contributed by atoms with van der Waals surface area (Å²) in [7, 11) is -2.12. The van der Waals surface area contributed by atoms with Crippen LogP contribution in [0.3, 0.4) is 0 Å². The van der Waals surface area contributed by atoms with E-state index in [2.05, 4.69) is 4.72 Å². The Kier molecular flexibility index (Phi) is 4.58. The van der Waals surface area contributed by atoms with Crippen LogP contribution in [0.2, 0.25) is 0 Å². The standard InChI is InChI=1S/C11H14ClNO5S2/c12-19(14,15)10-3-1-9(2-4-10)13-20(16,17)11-5-7-18-8-6-11/h1-4,11,13H,5-8H2. The first-order chi connectivity index (χ1) is 9.29. The molecular formula is C11H14ClNO5S2. The van der Waals surface area contributed by atoms with E-state index in [1.54, 1.807) is 0 Å². The fourth-order valence-electron chi connectivity index (χ4n) is 1.92. The van der Waals surface area contributed by atoms with Crippen LogP contribution in [0.1, 0.15) is 12.8 Å². The number of sulfonamides is 1. The van der Waals surface area contributed by atoms with Gasteiger partial charge in [0.05, 0.1) is 10.1 Å². The van der Waals surface area contributed by atoms with E-state index < -0.39 is 24.3 Å². The molecule has 6 nitrogen and oxygen atoms in total. The first-order valence-electron chi connectivity index (χ1n) is 5.93.